The number of rotatable bonds is 1. The average Bonchev–Trinajstić information content (AvgIpc) is 2.45. The van der Waals surface area contributed by atoms with E-state index >= 15 is 0 Å². The number of nitrogens with zero attached hydrogens (tertiary/aromatic N) is 1. The quantitative estimate of drug-likeness (QED) is 0.790. The molecule has 0 spiro atoms. The molecular weight excluding hydrogens is 210 g/mol. The van der Waals surface area contributed by atoms with Crippen molar-refractivity contribution in [2.75, 3.05) is 0 Å². The second-order valence-electron chi connectivity index (χ2n) is 4.35. The zero-order chi connectivity index (χ0) is 11.2. The highest BCUT2D eigenvalue weighted by atomic mass is 35.5. The van der Waals surface area contributed by atoms with Gasteiger partial charge in [0.15, 0.2) is 0 Å². The van der Waals surface area contributed by atoms with Gasteiger partial charge in [-0.15, -0.1) is 0 Å². The molecule has 0 radical (unpaired) electrons. The first-order valence-corrected chi connectivity index (χ1v) is 5.25. The Hall–Kier alpha value is -0.990. The van der Waals surface area contributed by atoms with Crippen molar-refractivity contribution in [3.63, 3.8) is 0 Å². The van der Waals surface area contributed by atoms with Gasteiger partial charge in [0, 0.05) is 29.7 Å². The fourth-order valence-corrected chi connectivity index (χ4v) is 2.14. The molecule has 0 aliphatic carbocycles. The topological polar surface area (TPSA) is 25.2 Å². The molecule has 3 heteroatoms. The Bertz CT molecular complexity index is 508. The largest absolute Gasteiger partial charge is 0.386 e. The van der Waals surface area contributed by atoms with Gasteiger partial charge in [-0.05, 0) is 26.0 Å². The molecule has 0 bridgehead atoms. The molecule has 0 atom stereocenters. The Morgan fingerprint density at radius 3 is 2.60 bits per heavy atom. The summed E-state index contributed by atoms with van der Waals surface area (Å²) in [4.78, 5) is 0. The van der Waals surface area contributed by atoms with E-state index in [9.17, 15) is 5.11 Å². The maximum Gasteiger partial charge on any atom is 0.0861 e. The predicted molar refractivity (Wildman–Crippen MR) is 63.2 cm³/mol. The Labute approximate surface area is 94.1 Å². The molecule has 2 rings (SSSR count). The zero-order valence-corrected chi connectivity index (χ0v) is 9.84. The molecule has 0 aliphatic rings. The summed E-state index contributed by atoms with van der Waals surface area (Å²) < 4.78 is 1.98. The predicted octanol–water partition coefficient (Wildman–Crippen LogP) is 3.06. The minimum atomic E-state index is -0.871. The molecule has 1 aromatic carbocycles. The molecule has 1 heterocycles. The van der Waals surface area contributed by atoms with Gasteiger partial charge in [0.2, 0.25) is 0 Å². The summed E-state index contributed by atoms with van der Waals surface area (Å²) in [6.45, 7) is 3.54. The molecule has 0 saturated heterocycles. The average molecular weight is 224 g/mol. The van der Waals surface area contributed by atoms with Crippen molar-refractivity contribution in [1.82, 2.24) is 4.57 Å². The van der Waals surface area contributed by atoms with E-state index in [1.54, 1.807) is 13.8 Å². The van der Waals surface area contributed by atoms with E-state index in [-0.39, 0.29) is 0 Å². The van der Waals surface area contributed by atoms with Gasteiger partial charge < -0.3 is 9.67 Å². The number of benzene rings is 1. The fraction of sp³-hybridized carbons (Fsp3) is 0.333. The van der Waals surface area contributed by atoms with Crippen molar-refractivity contribution in [3.8, 4) is 0 Å². The number of aromatic nitrogens is 1. The molecule has 2 aromatic rings. The molecule has 15 heavy (non-hydrogen) atoms. The van der Waals surface area contributed by atoms with Crippen LogP contribution >= 0.6 is 11.6 Å². The van der Waals surface area contributed by atoms with Crippen molar-refractivity contribution in [2.24, 2.45) is 7.05 Å². The molecule has 80 valence electrons. The van der Waals surface area contributed by atoms with Crippen LogP contribution in [-0.4, -0.2) is 9.67 Å². The van der Waals surface area contributed by atoms with Crippen LogP contribution in [0.15, 0.2) is 24.4 Å². The first-order chi connectivity index (χ1) is 6.91. The lowest BCUT2D eigenvalue weighted by Gasteiger charge is -2.16. The van der Waals surface area contributed by atoms with E-state index in [1.165, 1.54) is 0 Å². The highest BCUT2D eigenvalue weighted by Gasteiger charge is 2.22. The molecule has 2 nitrogen and oxygen atoms in total. The molecule has 1 N–H and O–H groups in total. The van der Waals surface area contributed by atoms with Crippen LogP contribution in [0.2, 0.25) is 5.02 Å². The van der Waals surface area contributed by atoms with Crippen LogP contribution in [0.25, 0.3) is 10.9 Å². The van der Waals surface area contributed by atoms with Gasteiger partial charge in [-0.1, -0.05) is 17.7 Å². The Morgan fingerprint density at radius 2 is 2.00 bits per heavy atom. The van der Waals surface area contributed by atoms with Crippen molar-refractivity contribution in [2.45, 2.75) is 19.4 Å². The van der Waals surface area contributed by atoms with Gasteiger partial charge >= 0.3 is 0 Å². The number of aliphatic hydroxyl groups is 1. The van der Waals surface area contributed by atoms with Crippen molar-refractivity contribution < 1.29 is 5.11 Å². The van der Waals surface area contributed by atoms with Gasteiger partial charge in [-0.2, -0.15) is 0 Å². The van der Waals surface area contributed by atoms with E-state index in [0.717, 1.165) is 16.5 Å². The molecule has 0 fully saturated rings. The van der Waals surface area contributed by atoms with Gasteiger partial charge in [-0.25, -0.2) is 0 Å². The number of hydrogen-bond donors (Lipinski definition) is 1. The van der Waals surface area contributed by atoms with Crippen LogP contribution in [-0.2, 0) is 12.6 Å². The molecular formula is C12H14ClNO. The third kappa shape index (κ3) is 1.64. The smallest absolute Gasteiger partial charge is 0.0861 e. The lowest BCUT2D eigenvalue weighted by atomic mass is 9.98. The van der Waals surface area contributed by atoms with E-state index in [1.807, 2.05) is 36.0 Å². The second-order valence-corrected chi connectivity index (χ2v) is 4.75. The summed E-state index contributed by atoms with van der Waals surface area (Å²) in [6.07, 6.45) is 1.93. The summed E-state index contributed by atoms with van der Waals surface area (Å²) in [5.41, 5.74) is 1.04. The third-order valence-electron chi connectivity index (χ3n) is 2.62. The minimum Gasteiger partial charge on any atom is -0.386 e. The van der Waals surface area contributed by atoms with E-state index < -0.39 is 5.60 Å². The Balaban J connectivity index is 2.88. The molecule has 0 aliphatic heterocycles. The zero-order valence-electron chi connectivity index (χ0n) is 9.08. The third-order valence-corrected chi connectivity index (χ3v) is 2.94. The van der Waals surface area contributed by atoms with Crippen molar-refractivity contribution in [3.05, 3.63) is 35.0 Å². The lowest BCUT2D eigenvalue weighted by Crippen LogP contribution is -2.14. The standard InChI is InChI=1S/C12H14ClNO/c1-12(2,15)8-7-14(3)10-6-4-5-9(13)11(8)10/h4-7,15H,1-3H3. The Kier molecular flexibility index (Phi) is 2.28. The first-order valence-electron chi connectivity index (χ1n) is 4.87. The monoisotopic (exact) mass is 223 g/mol. The van der Waals surface area contributed by atoms with Crippen molar-refractivity contribution in [1.29, 1.82) is 0 Å². The first kappa shape index (κ1) is 10.5. The summed E-state index contributed by atoms with van der Waals surface area (Å²) >= 11 is 6.16. The van der Waals surface area contributed by atoms with E-state index in [4.69, 9.17) is 11.6 Å². The SMILES string of the molecule is Cn1cc(C(C)(C)O)c2c(Cl)cccc21. The maximum atomic E-state index is 10.1. The van der Waals surface area contributed by atoms with Crippen LogP contribution in [0, 0.1) is 0 Å². The van der Waals surface area contributed by atoms with Crippen LogP contribution in [0.3, 0.4) is 0 Å². The lowest BCUT2D eigenvalue weighted by molar-refractivity contribution is 0.0800. The van der Waals surface area contributed by atoms with E-state index in [2.05, 4.69) is 0 Å². The molecule has 0 saturated carbocycles. The van der Waals surface area contributed by atoms with Crippen LogP contribution in [0.5, 0.6) is 0 Å². The summed E-state index contributed by atoms with van der Waals surface area (Å²) in [5, 5.41) is 11.7. The Morgan fingerprint density at radius 1 is 1.33 bits per heavy atom. The molecule has 0 amide bonds. The minimum absolute atomic E-state index is 0.685. The van der Waals surface area contributed by atoms with Gasteiger partial charge in [0.05, 0.1) is 10.6 Å². The normalized spacial score (nSPS) is 12.3. The summed E-state index contributed by atoms with van der Waals surface area (Å²) in [6, 6.07) is 5.76. The van der Waals surface area contributed by atoms with Crippen LogP contribution in [0.4, 0.5) is 0 Å². The van der Waals surface area contributed by atoms with Gasteiger partial charge in [-0.3, -0.25) is 0 Å². The summed E-state index contributed by atoms with van der Waals surface area (Å²) in [5.74, 6) is 0. The highest BCUT2D eigenvalue weighted by molar-refractivity contribution is 6.35. The second kappa shape index (κ2) is 3.26. The van der Waals surface area contributed by atoms with Crippen LogP contribution < -0.4 is 0 Å². The number of fused-ring (bicyclic) bond motifs is 1. The van der Waals surface area contributed by atoms with Crippen LogP contribution in [0.1, 0.15) is 19.4 Å². The van der Waals surface area contributed by atoms with E-state index in [0.29, 0.717) is 5.02 Å². The molecule has 0 unspecified atom stereocenters. The van der Waals surface area contributed by atoms with Gasteiger partial charge in [0.25, 0.3) is 0 Å². The fourth-order valence-electron chi connectivity index (χ4n) is 1.86. The van der Waals surface area contributed by atoms with Gasteiger partial charge in [0.1, 0.15) is 0 Å². The molecule has 1 aromatic heterocycles. The number of hydrogen-bond acceptors (Lipinski definition) is 1. The maximum absolute atomic E-state index is 10.1. The van der Waals surface area contributed by atoms with Crippen molar-refractivity contribution >= 4 is 22.5 Å². The highest BCUT2D eigenvalue weighted by Crippen LogP contribution is 2.34. The number of aryl methyl sites for hydroxylation is 1. The summed E-state index contributed by atoms with van der Waals surface area (Å²) in [7, 11) is 1.95. The number of halogens is 1.